The number of pyridine rings is 1. The summed E-state index contributed by atoms with van der Waals surface area (Å²) in [6.07, 6.45) is 5.54. The Balaban J connectivity index is 1.33. The number of nitrogens with two attached hydrogens (primary N) is 1. The largest absolute Gasteiger partial charge is 0.366 e. The molecule has 174 valence electrons. The van der Waals surface area contributed by atoms with Crippen LogP contribution in [0.3, 0.4) is 0 Å². The third kappa shape index (κ3) is 3.88. The Morgan fingerprint density at radius 3 is 2.66 bits per heavy atom. The Bertz CT molecular complexity index is 1610. The fraction of sp³-hybridized carbons (Fsp3) is 0.200. The van der Waals surface area contributed by atoms with E-state index in [1.54, 1.807) is 28.9 Å². The number of anilines is 1. The quantitative estimate of drug-likeness (QED) is 0.395. The van der Waals surface area contributed by atoms with E-state index < -0.39 is 5.91 Å². The Hall–Kier alpha value is -4.60. The number of hydrogen-bond donors (Lipinski definition) is 2. The zero-order valence-electron chi connectivity index (χ0n) is 18.9. The highest BCUT2D eigenvalue weighted by molar-refractivity contribution is 5.94. The molecule has 0 radical (unpaired) electrons. The number of primary amides is 1. The zero-order valence-corrected chi connectivity index (χ0v) is 18.9. The minimum Gasteiger partial charge on any atom is -0.366 e. The van der Waals surface area contributed by atoms with E-state index in [9.17, 15) is 9.59 Å². The van der Waals surface area contributed by atoms with Gasteiger partial charge < -0.3 is 11.1 Å². The van der Waals surface area contributed by atoms with Gasteiger partial charge in [0.2, 0.25) is 11.8 Å². The maximum atomic E-state index is 12.1. The van der Waals surface area contributed by atoms with Crippen LogP contribution in [0.4, 0.5) is 5.82 Å². The third-order valence-electron chi connectivity index (χ3n) is 6.28. The van der Waals surface area contributed by atoms with Crippen molar-refractivity contribution >= 4 is 28.9 Å². The van der Waals surface area contributed by atoms with E-state index in [0.717, 1.165) is 35.5 Å². The van der Waals surface area contributed by atoms with Crippen LogP contribution < -0.4 is 11.1 Å². The molecule has 35 heavy (non-hydrogen) atoms. The van der Waals surface area contributed by atoms with Crippen LogP contribution >= 0.6 is 0 Å². The van der Waals surface area contributed by atoms with Gasteiger partial charge in [-0.05, 0) is 67.3 Å². The fourth-order valence-electron chi connectivity index (χ4n) is 4.12. The summed E-state index contributed by atoms with van der Waals surface area (Å²) in [6, 6.07) is 14.8. The SMILES string of the molecule is CC(c1ccc2nc(NC(=O)C3CC3)cn2n1)c1nnc2ccc(-c3cccc(C(N)=O)c3)cn12. The summed E-state index contributed by atoms with van der Waals surface area (Å²) in [5.74, 6) is 0.690. The predicted molar refractivity (Wildman–Crippen MR) is 129 cm³/mol. The van der Waals surface area contributed by atoms with Gasteiger partial charge in [0.05, 0.1) is 17.8 Å². The second-order valence-corrected chi connectivity index (χ2v) is 8.82. The van der Waals surface area contributed by atoms with Crippen LogP contribution in [0.2, 0.25) is 0 Å². The van der Waals surface area contributed by atoms with Crippen LogP contribution in [0.5, 0.6) is 0 Å². The minimum absolute atomic E-state index is 0.00842. The molecule has 5 aromatic rings. The van der Waals surface area contributed by atoms with Gasteiger partial charge in [-0.15, -0.1) is 10.2 Å². The smallest absolute Gasteiger partial charge is 0.248 e. The lowest BCUT2D eigenvalue weighted by atomic mass is 10.0. The molecule has 0 spiro atoms. The van der Waals surface area contributed by atoms with Gasteiger partial charge in [0.25, 0.3) is 0 Å². The number of benzene rings is 1. The Labute approximate surface area is 199 Å². The summed E-state index contributed by atoms with van der Waals surface area (Å²) < 4.78 is 3.59. The van der Waals surface area contributed by atoms with Gasteiger partial charge >= 0.3 is 0 Å². The minimum atomic E-state index is -0.470. The summed E-state index contributed by atoms with van der Waals surface area (Å²) in [6.45, 7) is 2.01. The maximum absolute atomic E-state index is 12.1. The number of hydrogen-bond acceptors (Lipinski definition) is 6. The van der Waals surface area contributed by atoms with E-state index in [0.29, 0.717) is 22.7 Å². The molecule has 0 saturated heterocycles. The van der Waals surface area contributed by atoms with Crippen molar-refractivity contribution in [1.29, 1.82) is 0 Å². The molecule has 1 aliphatic carbocycles. The molecule has 10 heteroatoms. The number of imidazole rings is 1. The molecule has 1 fully saturated rings. The van der Waals surface area contributed by atoms with E-state index in [1.165, 1.54) is 0 Å². The van der Waals surface area contributed by atoms with Crippen molar-refractivity contribution in [3.8, 4) is 11.1 Å². The second-order valence-electron chi connectivity index (χ2n) is 8.82. The average Bonchev–Trinajstić information content (AvgIpc) is 3.52. The van der Waals surface area contributed by atoms with E-state index in [-0.39, 0.29) is 17.7 Å². The molecule has 1 unspecified atom stereocenters. The lowest BCUT2D eigenvalue weighted by molar-refractivity contribution is -0.117. The van der Waals surface area contributed by atoms with Crippen molar-refractivity contribution in [2.45, 2.75) is 25.7 Å². The average molecular weight is 467 g/mol. The summed E-state index contributed by atoms with van der Waals surface area (Å²) >= 11 is 0. The highest BCUT2D eigenvalue weighted by Gasteiger charge is 2.30. The molecule has 1 aromatic carbocycles. The summed E-state index contributed by atoms with van der Waals surface area (Å²) in [5, 5.41) is 16.3. The number of nitrogens with zero attached hydrogens (tertiary/aromatic N) is 6. The molecular weight excluding hydrogens is 444 g/mol. The van der Waals surface area contributed by atoms with E-state index in [2.05, 4.69) is 20.5 Å². The molecule has 0 aliphatic heterocycles. The molecule has 0 bridgehead atoms. The van der Waals surface area contributed by atoms with Crippen molar-refractivity contribution < 1.29 is 9.59 Å². The summed E-state index contributed by atoms with van der Waals surface area (Å²) in [4.78, 5) is 28.1. The number of carbonyl (C=O) groups excluding carboxylic acids is 2. The van der Waals surface area contributed by atoms with E-state index >= 15 is 0 Å². The predicted octanol–water partition coefficient (Wildman–Crippen LogP) is 3.04. The standard InChI is InChI=1S/C25H22N8O2/c1-14(19-8-10-21-27-20(13-33(21)31-19)28-25(35)15-5-6-15)24-30-29-22-9-7-18(12-32(22)24)16-3-2-4-17(11-16)23(26)34/h2-4,7-15H,5-6H2,1H3,(H2,26,34)(H,28,35). The van der Waals surface area contributed by atoms with Crippen LogP contribution in [-0.2, 0) is 4.79 Å². The van der Waals surface area contributed by atoms with Crippen LogP contribution in [-0.4, -0.2) is 41.0 Å². The molecule has 1 aliphatic rings. The first-order valence-corrected chi connectivity index (χ1v) is 11.4. The summed E-state index contributed by atoms with van der Waals surface area (Å²) in [7, 11) is 0. The molecule has 2 amide bonds. The van der Waals surface area contributed by atoms with Gasteiger partial charge in [-0.25, -0.2) is 9.50 Å². The van der Waals surface area contributed by atoms with E-state index in [4.69, 9.17) is 10.8 Å². The van der Waals surface area contributed by atoms with Gasteiger partial charge in [0.15, 0.2) is 17.1 Å². The topological polar surface area (TPSA) is 133 Å². The molecule has 4 aromatic heterocycles. The molecule has 6 rings (SSSR count). The number of nitrogens with one attached hydrogen (secondary N) is 1. The van der Waals surface area contributed by atoms with Crippen molar-refractivity contribution in [2.75, 3.05) is 5.32 Å². The molecule has 1 atom stereocenters. The van der Waals surface area contributed by atoms with Crippen LogP contribution in [0, 0.1) is 5.92 Å². The normalized spacial score (nSPS) is 14.3. The fourth-order valence-corrected chi connectivity index (χ4v) is 4.12. The van der Waals surface area contributed by atoms with Crippen LogP contribution in [0.1, 0.15) is 47.6 Å². The first-order chi connectivity index (χ1) is 17.0. The first-order valence-electron chi connectivity index (χ1n) is 11.4. The third-order valence-corrected chi connectivity index (χ3v) is 6.28. The lowest BCUT2D eigenvalue weighted by Crippen LogP contribution is -2.13. The zero-order chi connectivity index (χ0) is 24.1. The highest BCUT2D eigenvalue weighted by Crippen LogP contribution is 2.30. The Morgan fingerprint density at radius 2 is 1.86 bits per heavy atom. The van der Waals surface area contributed by atoms with Gasteiger partial charge in [0, 0.05) is 17.7 Å². The number of carbonyl (C=O) groups is 2. The van der Waals surface area contributed by atoms with Gasteiger partial charge in [-0.3, -0.25) is 14.0 Å². The monoisotopic (exact) mass is 466 g/mol. The number of fused-ring (bicyclic) bond motifs is 2. The number of aromatic nitrogens is 6. The van der Waals surface area contributed by atoms with Gasteiger partial charge in [-0.2, -0.15) is 5.10 Å². The maximum Gasteiger partial charge on any atom is 0.248 e. The molecule has 4 heterocycles. The summed E-state index contributed by atoms with van der Waals surface area (Å²) in [5.41, 5.74) is 9.80. The number of rotatable bonds is 6. The molecular formula is C25H22N8O2. The molecule has 10 nitrogen and oxygen atoms in total. The Kier molecular flexibility index (Phi) is 4.80. The van der Waals surface area contributed by atoms with Crippen LogP contribution in [0.25, 0.3) is 22.4 Å². The van der Waals surface area contributed by atoms with Crippen molar-refractivity contribution in [3.63, 3.8) is 0 Å². The van der Waals surface area contributed by atoms with E-state index in [1.807, 2.05) is 47.9 Å². The first kappa shape index (κ1) is 21.0. The van der Waals surface area contributed by atoms with Gasteiger partial charge in [-0.1, -0.05) is 12.1 Å². The second kappa shape index (κ2) is 8.01. The number of amides is 2. The van der Waals surface area contributed by atoms with Gasteiger partial charge in [0.1, 0.15) is 5.82 Å². The van der Waals surface area contributed by atoms with Crippen molar-refractivity contribution in [1.82, 2.24) is 29.2 Å². The molecule has 1 saturated carbocycles. The molecule has 3 N–H and O–H groups in total. The highest BCUT2D eigenvalue weighted by atomic mass is 16.2. The lowest BCUT2D eigenvalue weighted by Gasteiger charge is -2.11. The Morgan fingerprint density at radius 1 is 1.03 bits per heavy atom. The van der Waals surface area contributed by atoms with Crippen molar-refractivity contribution in [3.05, 3.63) is 78.0 Å². The van der Waals surface area contributed by atoms with Crippen LogP contribution in [0.15, 0.2) is 60.9 Å². The van der Waals surface area contributed by atoms with Crippen molar-refractivity contribution in [2.24, 2.45) is 11.7 Å².